The van der Waals surface area contributed by atoms with Crippen LogP contribution in [0.3, 0.4) is 0 Å². The fraction of sp³-hybridized carbons (Fsp3) is 0.583. The van der Waals surface area contributed by atoms with Gasteiger partial charge in [0.05, 0.1) is 0 Å². The summed E-state index contributed by atoms with van der Waals surface area (Å²) in [5.74, 6) is 0.701. The minimum atomic E-state index is -0.127. The number of piperazine rings is 1. The van der Waals surface area contributed by atoms with Gasteiger partial charge in [-0.05, 0) is 13.3 Å². The first-order valence-electron chi connectivity index (χ1n) is 6.12. The lowest BCUT2D eigenvalue weighted by atomic mass is 10.3. The lowest BCUT2D eigenvalue weighted by molar-refractivity contribution is 0.106. The third-order valence-electron chi connectivity index (χ3n) is 3.37. The number of carbonyl (C=O) groups is 2. The van der Waals surface area contributed by atoms with Crippen LogP contribution in [0.25, 0.3) is 0 Å². The molecule has 0 radical (unpaired) electrons. The number of anilines is 1. The van der Waals surface area contributed by atoms with E-state index in [1.807, 2.05) is 0 Å². The van der Waals surface area contributed by atoms with Crippen LogP contribution < -0.4 is 4.90 Å². The molecule has 1 saturated heterocycles. The quantitative estimate of drug-likeness (QED) is 0.752. The Hall–Kier alpha value is -1.34. The van der Waals surface area contributed by atoms with Gasteiger partial charge in [0.25, 0.3) is 0 Å². The van der Waals surface area contributed by atoms with Crippen molar-refractivity contribution in [1.29, 1.82) is 0 Å². The zero-order valence-corrected chi connectivity index (χ0v) is 12.2. The Bertz CT molecular complexity index is 492. The van der Waals surface area contributed by atoms with E-state index in [2.05, 4.69) is 21.8 Å². The van der Waals surface area contributed by atoms with Crippen molar-refractivity contribution in [2.24, 2.45) is 7.05 Å². The lowest BCUT2D eigenvalue weighted by Gasteiger charge is -2.33. The van der Waals surface area contributed by atoms with Crippen molar-refractivity contribution in [3.8, 4) is 0 Å². The molecule has 0 amide bonds. The monoisotopic (exact) mass is 282 g/mol. The fourth-order valence-corrected chi connectivity index (χ4v) is 2.65. The largest absolute Gasteiger partial charge is 0.340 e. The van der Waals surface area contributed by atoms with Crippen molar-refractivity contribution < 1.29 is 9.59 Å². The number of aldehydes is 1. The first-order chi connectivity index (χ1) is 9.08. The number of imidazole rings is 1. The van der Waals surface area contributed by atoms with Crippen LogP contribution in [0, 0.1) is 0 Å². The standard InChI is InChI=1S/C12H18N4O2S/c1-14-4-6-16(7-5-14)12-13-9(8-17)10(15(12)2)11(18)19-3/h8H,4-7H2,1-3H3. The third kappa shape index (κ3) is 2.66. The number of aromatic nitrogens is 2. The van der Waals surface area contributed by atoms with E-state index in [1.165, 1.54) is 0 Å². The Morgan fingerprint density at radius 2 is 1.89 bits per heavy atom. The maximum atomic E-state index is 11.9. The molecule has 0 saturated carbocycles. The van der Waals surface area contributed by atoms with Gasteiger partial charge in [-0.3, -0.25) is 9.59 Å². The molecule has 7 heteroatoms. The van der Waals surface area contributed by atoms with Gasteiger partial charge in [0.1, 0.15) is 11.4 Å². The first-order valence-corrected chi connectivity index (χ1v) is 7.34. The molecular formula is C12H18N4O2S. The van der Waals surface area contributed by atoms with Crippen molar-refractivity contribution in [2.45, 2.75) is 0 Å². The smallest absolute Gasteiger partial charge is 0.237 e. The summed E-state index contributed by atoms with van der Waals surface area (Å²) in [6.45, 7) is 3.61. The summed E-state index contributed by atoms with van der Waals surface area (Å²) in [7, 11) is 3.87. The molecule has 1 aliphatic rings. The number of likely N-dealkylation sites (N-methyl/N-ethyl adjacent to an activating group) is 1. The molecule has 2 rings (SSSR count). The Morgan fingerprint density at radius 1 is 1.26 bits per heavy atom. The van der Waals surface area contributed by atoms with Gasteiger partial charge in [-0.15, -0.1) is 0 Å². The Labute approximate surface area is 116 Å². The number of nitrogens with zero attached hydrogens (tertiary/aromatic N) is 4. The second kappa shape index (κ2) is 5.75. The van der Waals surface area contributed by atoms with E-state index >= 15 is 0 Å². The van der Waals surface area contributed by atoms with Gasteiger partial charge < -0.3 is 14.4 Å². The van der Waals surface area contributed by atoms with Crippen LogP contribution in [0.4, 0.5) is 5.95 Å². The normalized spacial score (nSPS) is 16.7. The average molecular weight is 282 g/mol. The van der Waals surface area contributed by atoms with Gasteiger partial charge in [-0.25, -0.2) is 4.98 Å². The second-order valence-electron chi connectivity index (χ2n) is 4.60. The van der Waals surface area contributed by atoms with E-state index in [0.717, 1.165) is 37.9 Å². The van der Waals surface area contributed by atoms with Crippen LogP contribution >= 0.6 is 11.8 Å². The molecule has 6 nitrogen and oxygen atoms in total. The summed E-state index contributed by atoms with van der Waals surface area (Å²) in [5, 5.41) is -0.127. The van der Waals surface area contributed by atoms with Crippen LogP contribution in [0.5, 0.6) is 0 Å². The van der Waals surface area contributed by atoms with Crippen molar-refractivity contribution in [2.75, 3.05) is 44.4 Å². The molecule has 0 atom stereocenters. The zero-order chi connectivity index (χ0) is 14.0. The highest BCUT2D eigenvalue weighted by molar-refractivity contribution is 8.13. The highest BCUT2D eigenvalue weighted by Gasteiger charge is 2.24. The fourth-order valence-electron chi connectivity index (χ4n) is 2.22. The number of hydrogen-bond acceptors (Lipinski definition) is 6. The number of carbonyl (C=O) groups excluding carboxylic acids is 2. The summed E-state index contributed by atoms with van der Waals surface area (Å²) in [6, 6.07) is 0. The van der Waals surface area contributed by atoms with Gasteiger partial charge in [-0.1, -0.05) is 11.8 Å². The van der Waals surface area contributed by atoms with E-state index in [-0.39, 0.29) is 10.8 Å². The van der Waals surface area contributed by atoms with E-state index in [4.69, 9.17) is 0 Å². The number of thioether (sulfide) groups is 1. The lowest BCUT2D eigenvalue weighted by Crippen LogP contribution is -2.45. The number of rotatable bonds is 3. The molecule has 2 heterocycles. The highest BCUT2D eigenvalue weighted by atomic mass is 32.2. The van der Waals surface area contributed by atoms with Crippen LogP contribution in [0.15, 0.2) is 0 Å². The van der Waals surface area contributed by atoms with Crippen molar-refractivity contribution in [1.82, 2.24) is 14.5 Å². The van der Waals surface area contributed by atoms with E-state index in [1.54, 1.807) is 17.9 Å². The summed E-state index contributed by atoms with van der Waals surface area (Å²) in [5.41, 5.74) is 0.618. The summed E-state index contributed by atoms with van der Waals surface area (Å²) < 4.78 is 1.73. The predicted molar refractivity (Wildman–Crippen MR) is 76.2 cm³/mol. The minimum absolute atomic E-state index is 0.127. The molecule has 0 spiro atoms. The SMILES string of the molecule is CSC(=O)c1c(C=O)nc(N2CCN(C)CC2)n1C. The van der Waals surface area contributed by atoms with Crippen molar-refractivity contribution in [3.63, 3.8) is 0 Å². The van der Waals surface area contributed by atoms with Crippen molar-refractivity contribution in [3.05, 3.63) is 11.4 Å². The molecule has 0 N–H and O–H groups in total. The molecule has 0 unspecified atom stereocenters. The van der Waals surface area contributed by atoms with Crippen LogP contribution in [0.1, 0.15) is 21.0 Å². The van der Waals surface area contributed by atoms with Crippen LogP contribution in [-0.4, -0.2) is 65.3 Å². The highest BCUT2D eigenvalue weighted by Crippen LogP contribution is 2.21. The van der Waals surface area contributed by atoms with E-state index in [9.17, 15) is 9.59 Å². The molecule has 1 aliphatic heterocycles. The van der Waals surface area contributed by atoms with Crippen molar-refractivity contribution >= 4 is 29.1 Å². The van der Waals surface area contributed by atoms with E-state index in [0.29, 0.717) is 17.9 Å². The second-order valence-corrected chi connectivity index (χ2v) is 5.38. The minimum Gasteiger partial charge on any atom is -0.340 e. The molecular weight excluding hydrogens is 264 g/mol. The summed E-state index contributed by atoms with van der Waals surface area (Å²) in [6.07, 6.45) is 2.36. The van der Waals surface area contributed by atoms with Gasteiger partial charge in [0, 0.05) is 33.2 Å². The summed E-state index contributed by atoms with van der Waals surface area (Å²) >= 11 is 1.10. The first kappa shape index (κ1) is 14.1. The maximum Gasteiger partial charge on any atom is 0.237 e. The summed E-state index contributed by atoms with van der Waals surface area (Å²) in [4.78, 5) is 31.6. The maximum absolute atomic E-state index is 11.9. The molecule has 104 valence electrons. The molecule has 0 aromatic carbocycles. The van der Waals surface area contributed by atoms with Gasteiger partial charge in [0.2, 0.25) is 11.1 Å². The topological polar surface area (TPSA) is 58.4 Å². The molecule has 0 aliphatic carbocycles. The van der Waals surface area contributed by atoms with Crippen LogP contribution in [0.2, 0.25) is 0 Å². The average Bonchev–Trinajstić information content (AvgIpc) is 2.76. The molecule has 0 bridgehead atoms. The molecule has 1 fully saturated rings. The Balaban J connectivity index is 2.34. The van der Waals surface area contributed by atoms with Gasteiger partial charge >= 0.3 is 0 Å². The Kier molecular flexibility index (Phi) is 4.26. The predicted octanol–water partition coefficient (Wildman–Crippen LogP) is 0.488. The van der Waals surface area contributed by atoms with Gasteiger partial charge in [0.15, 0.2) is 6.29 Å². The molecule has 19 heavy (non-hydrogen) atoms. The Morgan fingerprint density at radius 3 is 2.42 bits per heavy atom. The zero-order valence-electron chi connectivity index (χ0n) is 11.4. The third-order valence-corrected chi connectivity index (χ3v) is 3.94. The van der Waals surface area contributed by atoms with E-state index < -0.39 is 0 Å². The van der Waals surface area contributed by atoms with Gasteiger partial charge in [-0.2, -0.15) is 0 Å². The van der Waals surface area contributed by atoms with Crippen LogP contribution in [-0.2, 0) is 7.05 Å². The molecule has 1 aromatic heterocycles. The number of hydrogen-bond donors (Lipinski definition) is 0. The molecule has 1 aromatic rings.